The Morgan fingerprint density at radius 1 is 1.25 bits per heavy atom. The molecule has 0 radical (unpaired) electrons. The quantitative estimate of drug-likeness (QED) is 0.740. The summed E-state index contributed by atoms with van der Waals surface area (Å²) in [5.74, 6) is 0.304. The second-order valence-electron chi connectivity index (χ2n) is 4.59. The van der Waals surface area contributed by atoms with Crippen molar-refractivity contribution in [2.24, 2.45) is 5.92 Å². The molecular weight excluding hydrogens is 307 g/mol. The molecule has 1 N–H and O–H groups in total. The van der Waals surface area contributed by atoms with Gasteiger partial charge in [0.05, 0.1) is 0 Å². The van der Waals surface area contributed by atoms with Gasteiger partial charge in [0.25, 0.3) is 0 Å². The summed E-state index contributed by atoms with van der Waals surface area (Å²) in [5.41, 5.74) is -3.03. The largest absolute Gasteiger partial charge is 0.441 e. The van der Waals surface area contributed by atoms with Gasteiger partial charge in [0, 0.05) is 10.8 Å². The van der Waals surface area contributed by atoms with E-state index in [0.717, 1.165) is 25.1 Å². The molecule has 0 aliphatic carbocycles. The van der Waals surface area contributed by atoms with E-state index in [1.165, 1.54) is 0 Å². The number of thioether (sulfide) groups is 1. The third-order valence-electron chi connectivity index (χ3n) is 2.91. The number of benzene rings is 1. The molecule has 1 nitrogen and oxygen atoms in total. The van der Waals surface area contributed by atoms with Crippen molar-refractivity contribution < 1.29 is 13.2 Å². The van der Waals surface area contributed by atoms with Crippen molar-refractivity contribution in [3.63, 3.8) is 0 Å². The summed E-state index contributed by atoms with van der Waals surface area (Å²) in [5, 5.41) is 3.88. The molecule has 1 unspecified atom stereocenters. The first-order chi connectivity index (χ1) is 9.40. The van der Waals surface area contributed by atoms with Crippen LogP contribution in [-0.2, 0) is 6.42 Å². The molecule has 0 saturated heterocycles. The molecule has 0 bridgehead atoms. The van der Waals surface area contributed by atoms with Crippen LogP contribution in [0.3, 0.4) is 0 Å². The maximum Gasteiger partial charge on any atom is 0.441 e. The first-order valence-corrected chi connectivity index (χ1v) is 7.93. The minimum atomic E-state index is -4.14. The van der Waals surface area contributed by atoms with Gasteiger partial charge in [-0.25, -0.2) is 0 Å². The molecule has 0 aromatic heterocycles. The number of hydrogen-bond acceptors (Lipinski definition) is 2. The Labute approximate surface area is 127 Å². The lowest BCUT2D eigenvalue weighted by molar-refractivity contribution is -0.0328. The molecule has 20 heavy (non-hydrogen) atoms. The standard InChI is InChI=1S/C14H19ClF3NS/c1-2-19-10-12(7-8-20-14(16,17)18)9-11-3-5-13(15)6-4-11/h3-6,12,19H,2,7-10H2,1H3. The highest BCUT2D eigenvalue weighted by molar-refractivity contribution is 8.00. The summed E-state index contributed by atoms with van der Waals surface area (Å²) in [6.07, 6.45) is 1.31. The number of alkyl halides is 3. The van der Waals surface area contributed by atoms with Gasteiger partial charge in [-0.2, -0.15) is 13.2 Å². The predicted molar refractivity (Wildman–Crippen MR) is 80.3 cm³/mol. The van der Waals surface area contributed by atoms with Crippen molar-refractivity contribution in [2.45, 2.75) is 25.3 Å². The average molecular weight is 326 g/mol. The molecule has 0 amide bonds. The summed E-state index contributed by atoms with van der Waals surface area (Å²) in [6.45, 7) is 3.55. The van der Waals surface area contributed by atoms with Crippen molar-refractivity contribution in [2.75, 3.05) is 18.8 Å². The summed E-state index contributed by atoms with van der Waals surface area (Å²) in [4.78, 5) is 0. The van der Waals surface area contributed by atoms with Crippen LogP contribution >= 0.6 is 23.4 Å². The first-order valence-electron chi connectivity index (χ1n) is 6.56. The number of nitrogens with one attached hydrogen (secondary N) is 1. The van der Waals surface area contributed by atoms with Gasteiger partial charge in [0.15, 0.2) is 0 Å². The molecule has 1 rings (SSSR count). The van der Waals surface area contributed by atoms with Crippen LogP contribution in [0.25, 0.3) is 0 Å². The highest BCUT2D eigenvalue weighted by Gasteiger charge is 2.28. The maximum absolute atomic E-state index is 12.2. The minimum absolute atomic E-state index is 0.0595. The Morgan fingerprint density at radius 3 is 2.45 bits per heavy atom. The Morgan fingerprint density at radius 2 is 1.90 bits per heavy atom. The Hall–Kier alpha value is -0.390. The van der Waals surface area contributed by atoms with Crippen LogP contribution in [0, 0.1) is 5.92 Å². The zero-order valence-electron chi connectivity index (χ0n) is 11.3. The Bertz CT molecular complexity index is 381. The fraction of sp³-hybridized carbons (Fsp3) is 0.571. The molecule has 0 fully saturated rings. The van der Waals surface area contributed by atoms with Crippen LogP contribution in [0.2, 0.25) is 5.02 Å². The molecule has 6 heteroatoms. The molecule has 0 saturated carbocycles. The zero-order chi connectivity index (χ0) is 15.0. The minimum Gasteiger partial charge on any atom is -0.317 e. The van der Waals surface area contributed by atoms with E-state index in [0.29, 0.717) is 11.4 Å². The summed E-state index contributed by atoms with van der Waals surface area (Å²) in [6, 6.07) is 7.48. The SMILES string of the molecule is CCNCC(CCSC(F)(F)F)Cc1ccc(Cl)cc1. The Balaban J connectivity index is 2.48. The number of rotatable bonds is 8. The molecule has 114 valence electrons. The fourth-order valence-electron chi connectivity index (χ4n) is 1.92. The second-order valence-corrected chi connectivity index (χ2v) is 6.18. The van der Waals surface area contributed by atoms with Gasteiger partial charge in [0.2, 0.25) is 0 Å². The van der Waals surface area contributed by atoms with Crippen molar-refractivity contribution in [3.8, 4) is 0 Å². The van der Waals surface area contributed by atoms with Gasteiger partial charge in [-0.3, -0.25) is 0 Å². The molecule has 0 spiro atoms. The van der Waals surface area contributed by atoms with Gasteiger partial charge >= 0.3 is 5.51 Å². The molecule has 0 aliphatic heterocycles. The van der Waals surface area contributed by atoms with E-state index in [1.54, 1.807) is 0 Å². The second kappa shape index (κ2) is 8.80. The summed E-state index contributed by atoms with van der Waals surface area (Å²) >= 11 is 5.88. The normalized spacial score (nSPS) is 13.4. The van der Waals surface area contributed by atoms with Crippen LogP contribution in [-0.4, -0.2) is 24.4 Å². The molecule has 0 aliphatic rings. The maximum atomic E-state index is 12.2. The Kier molecular flexibility index (Phi) is 7.77. The third-order valence-corrected chi connectivity index (χ3v) is 3.93. The van der Waals surface area contributed by atoms with Crippen molar-refractivity contribution in [1.29, 1.82) is 0 Å². The van der Waals surface area contributed by atoms with Crippen molar-refractivity contribution >= 4 is 23.4 Å². The van der Waals surface area contributed by atoms with Gasteiger partial charge in [0.1, 0.15) is 0 Å². The van der Waals surface area contributed by atoms with Crippen LogP contribution < -0.4 is 5.32 Å². The van der Waals surface area contributed by atoms with Gasteiger partial charge < -0.3 is 5.32 Å². The van der Waals surface area contributed by atoms with Gasteiger partial charge in [-0.15, -0.1) is 0 Å². The highest BCUT2D eigenvalue weighted by Crippen LogP contribution is 2.31. The third kappa shape index (κ3) is 8.02. The molecule has 0 heterocycles. The molecule has 1 atom stereocenters. The highest BCUT2D eigenvalue weighted by atomic mass is 35.5. The fourth-order valence-corrected chi connectivity index (χ4v) is 2.73. The van der Waals surface area contributed by atoms with E-state index < -0.39 is 5.51 Å². The van der Waals surface area contributed by atoms with E-state index in [2.05, 4.69) is 5.32 Å². The first kappa shape index (κ1) is 17.7. The van der Waals surface area contributed by atoms with E-state index in [1.807, 2.05) is 31.2 Å². The zero-order valence-corrected chi connectivity index (χ0v) is 12.9. The van der Waals surface area contributed by atoms with Crippen LogP contribution in [0.5, 0.6) is 0 Å². The van der Waals surface area contributed by atoms with Crippen LogP contribution in [0.1, 0.15) is 18.9 Å². The van der Waals surface area contributed by atoms with Crippen LogP contribution in [0.4, 0.5) is 13.2 Å². The van der Waals surface area contributed by atoms with Crippen molar-refractivity contribution in [3.05, 3.63) is 34.9 Å². The van der Waals surface area contributed by atoms with Gasteiger partial charge in [-0.1, -0.05) is 42.4 Å². The molecular formula is C14H19ClF3NS. The number of hydrogen-bond donors (Lipinski definition) is 1. The van der Waals surface area contributed by atoms with E-state index >= 15 is 0 Å². The summed E-state index contributed by atoms with van der Waals surface area (Å²) < 4.78 is 36.5. The summed E-state index contributed by atoms with van der Waals surface area (Å²) in [7, 11) is 0. The lowest BCUT2D eigenvalue weighted by atomic mass is 9.97. The predicted octanol–water partition coefficient (Wildman–Crippen LogP) is 4.75. The molecule has 1 aromatic rings. The average Bonchev–Trinajstić information content (AvgIpc) is 2.37. The van der Waals surface area contributed by atoms with E-state index in [4.69, 9.17) is 11.6 Å². The number of halogens is 4. The lowest BCUT2D eigenvalue weighted by Crippen LogP contribution is -2.25. The smallest absolute Gasteiger partial charge is 0.317 e. The lowest BCUT2D eigenvalue weighted by Gasteiger charge is -2.17. The van der Waals surface area contributed by atoms with Crippen molar-refractivity contribution in [1.82, 2.24) is 5.32 Å². The van der Waals surface area contributed by atoms with Gasteiger partial charge in [-0.05, 0) is 49.5 Å². The molecule has 1 aromatic carbocycles. The topological polar surface area (TPSA) is 12.0 Å². The van der Waals surface area contributed by atoms with Crippen LogP contribution in [0.15, 0.2) is 24.3 Å². The van der Waals surface area contributed by atoms with E-state index in [-0.39, 0.29) is 23.4 Å². The van der Waals surface area contributed by atoms with E-state index in [9.17, 15) is 13.2 Å². The monoisotopic (exact) mass is 325 g/mol.